The third kappa shape index (κ3) is 5.81. The van der Waals surface area contributed by atoms with E-state index in [4.69, 9.17) is 19.4 Å². The molecule has 0 bridgehead atoms. The number of aryl methyl sites for hydroxylation is 2. The minimum atomic E-state index is -1.33. The van der Waals surface area contributed by atoms with Crippen molar-refractivity contribution in [2.45, 2.75) is 45.6 Å². The second-order valence-electron chi connectivity index (χ2n) is 6.59. The van der Waals surface area contributed by atoms with Crippen molar-refractivity contribution < 1.29 is 33.8 Å². The highest BCUT2D eigenvalue weighted by Crippen LogP contribution is 2.28. The molecule has 1 heterocycles. The Morgan fingerprint density at radius 3 is 2.59 bits per heavy atom. The van der Waals surface area contributed by atoms with E-state index in [1.165, 1.54) is 6.07 Å². The normalized spacial score (nSPS) is 11.8. The fourth-order valence-corrected chi connectivity index (χ4v) is 2.95. The highest BCUT2D eigenvalue weighted by molar-refractivity contribution is 5.86. The summed E-state index contributed by atoms with van der Waals surface area (Å²) >= 11 is 0. The van der Waals surface area contributed by atoms with Crippen LogP contribution in [0, 0.1) is 6.92 Å². The number of rotatable bonds is 10. The number of hydrogen-bond donors (Lipinski definition) is 3. The van der Waals surface area contributed by atoms with Crippen molar-refractivity contribution >= 4 is 28.8 Å². The van der Waals surface area contributed by atoms with Crippen LogP contribution in [-0.4, -0.2) is 40.7 Å². The quantitative estimate of drug-likeness (QED) is 0.508. The molecule has 0 fully saturated rings. The molecule has 0 saturated carbocycles. The van der Waals surface area contributed by atoms with Gasteiger partial charge in [-0.1, -0.05) is 13.3 Å². The van der Waals surface area contributed by atoms with E-state index < -0.39 is 36.1 Å². The first-order chi connectivity index (χ1) is 13.7. The topological polar surface area (TPSA) is 143 Å². The molecule has 0 unspecified atom stereocenters. The van der Waals surface area contributed by atoms with E-state index in [0.29, 0.717) is 16.9 Å². The van der Waals surface area contributed by atoms with Crippen molar-refractivity contribution in [2.75, 3.05) is 6.61 Å². The van der Waals surface area contributed by atoms with Crippen LogP contribution in [0.4, 0.5) is 0 Å². The summed E-state index contributed by atoms with van der Waals surface area (Å²) in [6, 6.07) is 3.54. The molecule has 156 valence electrons. The van der Waals surface area contributed by atoms with Gasteiger partial charge < -0.3 is 24.7 Å². The Morgan fingerprint density at radius 1 is 1.24 bits per heavy atom. The standard InChI is InChI=1S/C20H23NO8/c1-3-4-12-9-18(25)29-19-11(2)15(7-5-13(12)19)28-10-16(22)21-14(20(26)27)6-8-17(23)24/h5,7,9,14H,3-4,6,8,10H2,1-2H3,(H,21,22)(H,23,24)(H,26,27)/t14-/m0/s1. The first kappa shape index (κ1) is 21.9. The Kier molecular flexibility index (Phi) is 7.35. The molecule has 2 aromatic rings. The molecule has 0 aliphatic carbocycles. The molecule has 1 aromatic carbocycles. The molecular weight excluding hydrogens is 382 g/mol. The van der Waals surface area contributed by atoms with E-state index in [1.54, 1.807) is 19.1 Å². The van der Waals surface area contributed by atoms with Gasteiger partial charge in [-0.25, -0.2) is 9.59 Å². The second-order valence-corrected chi connectivity index (χ2v) is 6.59. The number of carboxylic acids is 2. The first-order valence-corrected chi connectivity index (χ1v) is 9.16. The van der Waals surface area contributed by atoms with E-state index in [0.717, 1.165) is 23.8 Å². The van der Waals surface area contributed by atoms with E-state index in [9.17, 15) is 19.2 Å². The third-order valence-corrected chi connectivity index (χ3v) is 4.36. The van der Waals surface area contributed by atoms with Crippen molar-refractivity contribution in [1.82, 2.24) is 5.32 Å². The van der Waals surface area contributed by atoms with Gasteiger partial charge in [-0.2, -0.15) is 0 Å². The number of amides is 1. The van der Waals surface area contributed by atoms with Crippen LogP contribution in [-0.2, 0) is 20.8 Å². The fourth-order valence-electron chi connectivity index (χ4n) is 2.95. The zero-order valence-electron chi connectivity index (χ0n) is 16.2. The lowest BCUT2D eigenvalue weighted by Gasteiger charge is -2.15. The van der Waals surface area contributed by atoms with Crippen molar-refractivity contribution in [1.29, 1.82) is 0 Å². The molecule has 1 atom stereocenters. The smallest absolute Gasteiger partial charge is 0.336 e. The molecule has 1 aromatic heterocycles. The maximum atomic E-state index is 12.0. The monoisotopic (exact) mass is 405 g/mol. The van der Waals surface area contributed by atoms with Crippen molar-refractivity contribution in [2.24, 2.45) is 0 Å². The number of ether oxygens (including phenoxy) is 1. The van der Waals surface area contributed by atoms with Gasteiger partial charge in [0.15, 0.2) is 6.61 Å². The SMILES string of the molecule is CCCc1cc(=O)oc2c(C)c(OCC(=O)N[C@@H](CCC(=O)O)C(=O)O)ccc12. The largest absolute Gasteiger partial charge is 0.483 e. The Balaban J connectivity index is 2.12. The van der Waals surface area contributed by atoms with Gasteiger partial charge in [0.2, 0.25) is 0 Å². The zero-order valence-corrected chi connectivity index (χ0v) is 16.2. The summed E-state index contributed by atoms with van der Waals surface area (Å²) in [6.07, 6.45) is 0.956. The molecule has 0 saturated heterocycles. The molecule has 0 aliphatic heterocycles. The summed E-state index contributed by atoms with van der Waals surface area (Å²) in [6.45, 7) is 3.23. The predicted molar refractivity (Wildman–Crippen MR) is 103 cm³/mol. The minimum absolute atomic E-state index is 0.239. The molecule has 0 radical (unpaired) electrons. The van der Waals surface area contributed by atoms with Crippen LogP contribution in [0.3, 0.4) is 0 Å². The maximum absolute atomic E-state index is 12.0. The lowest BCUT2D eigenvalue weighted by molar-refractivity contribution is -0.143. The third-order valence-electron chi connectivity index (χ3n) is 4.36. The number of fused-ring (bicyclic) bond motifs is 1. The van der Waals surface area contributed by atoms with E-state index >= 15 is 0 Å². The average Bonchev–Trinajstić information content (AvgIpc) is 2.65. The van der Waals surface area contributed by atoms with Crippen LogP contribution in [0.1, 0.15) is 37.3 Å². The number of aliphatic carboxylic acids is 2. The molecule has 0 spiro atoms. The highest BCUT2D eigenvalue weighted by atomic mass is 16.5. The zero-order chi connectivity index (χ0) is 21.6. The van der Waals surface area contributed by atoms with Crippen LogP contribution in [0.25, 0.3) is 11.0 Å². The Hall–Kier alpha value is -3.36. The van der Waals surface area contributed by atoms with Gasteiger partial charge in [0.1, 0.15) is 17.4 Å². The van der Waals surface area contributed by atoms with Crippen molar-refractivity contribution in [3.63, 3.8) is 0 Å². The number of carbonyl (C=O) groups is 3. The number of hydrogen-bond acceptors (Lipinski definition) is 6. The second kappa shape index (κ2) is 9.72. The fraction of sp³-hybridized carbons (Fsp3) is 0.400. The molecule has 2 rings (SSSR count). The van der Waals surface area contributed by atoms with Gasteiger partial charge >= 0.3 is 17.6 Å². The van der Waals surface area contributed by atoms with E-state index in [-0.39, 0.29) is 12.8 Å². The average molecular weight is 405 g/mol. The van der Waals surface area contributed by atoms with Gasteiger partial charge in [-0.15, -0.1) is 0 Å². The van der Waals surface area contributed by atoms with E-state index in [2.05, 4.69) is 5.32 Å². The Labute approximate surface area is 166 Å². The minimum Gasteiger partial charge on any atom is -0.483 e. The summed E-state index contributed by atoms with van der Waals surface area (Å²) in [7, 11) is 0. The van der Waals surface area contributed by atoms with Gasteiger partial charge in [0.25, 0.3) is 5.91 Å². The van der Waals surface area contributed by atoms with Gasteiger partial charge in [0, 0.05) is 23.4 Å². The summed E-state index contributed by atoms with van der Waals surface area (Å²) < 4.78 is 10.8. The van der Waals surface area contributed by atoms with Gasteiger partial charge in [-0.3, -0.25) is 9.59 Å². The molecule has 3 N–H and O–H groups in total. The van der Waals surface area contributed by atoms with Crippen molar-refractivity contribution in [3.05, 3.63) is 39.7 Å². The Bertz CT molecular complexity index is 978. The first-order valence-electron chi connectivity index (χ1n) is 9.16. The number of benzene rings is 1. The molecule has 29 heavy (non-hydrogen) atoms. The molecule has 9 nitrogen and oxygen atoms in total. The van der Waals surface area contributed by atoms with Crippen LogP contribution in [0.5, 0.6) is 5.75 Å². The number of carboxylic acid groups (broad SMARTS) is 2. The summed E-state index contributed by atoms with van der Waals surface area (Å²) in [4.78, 5) is 45.6. The van der Waals surface area contributed by atoms with Gasteiger partial charge in [-0.05, 0) is 37.5 Å². The summed E-state index contributed by atoms with van der Waals surface area (Å²) in [5.74, 6) is -2.87. The van der Waals surface area contributed by atoms with Crippen LogP contribution >= 0.6 is 0 Å². The van der Waals surface area contributed by atoms with Crippen LogP contribution < -0.4 is 15.7 Å². The molecule has 9 heteroatoms. The van der Waals surface area contributed by atoms with Crippen LogP contribution in [0.15, 0.2) is 27.4 Å². The maximum Gasteiger partial charge on any atom is 0.336 e. The molecular formula is C20H23NO8. The number of carbonyl (C=O) groups excluding carboxylic acids is 1. The van der Waals surface area contributed by atoms with Gasteiger partial charge in [0.05, 0.1) is 0 Å². The highest BCUT2D eigenvalue weighted by Gasteiger charge is 2.21. The number of nitrogens with one attached hydrogen (secondary N) is 1. The van der Waals surface area contributed by atoms with E-state index in [1.807, 2.05) is 6.92 Å². The summed E-state index contributed by atoms with van der Waals surface area (Å²) in [5, 5.41) is 20.8. The lowest BCUT2D eigenvalue weighted by Crippen LogP contribution is -2.43. The van der Waals surface area contributed by atoms with Crippen LogP contribution in [0.2, 0.25) is 0 Å². The van der Waals surface area contributed by atoms with Crippen molar-refractivity contribution in [3.8, 4) is 5.75 Å². The predicted octanol–water partition coefficient (Wildman–Crippen LogP) is 1.87. The molecule has 0 aliphatic rings. The Morgan fingerprint density at radius 2 is 1.97 bits per heavy atom. The lowest BCUT2D eigenvalue weighted by atomic mass is 10.0. The summed E-state index contributed by atoms with van der Waals surface area (Å²) in [5.41, 5.74) is 1.32. The molecule has 1 amide bonds.